The van der Waals surface area contributed by atoms with E-state index in [4.69, 9.17) is 4.74 Å². The van der Waals surface area contributed by atoms with Crippen molar-refractivity contribution in [3.8, 4) is 5.75 Å². The number of H-pyrrole nitrogens is 1. The monoisotopic (exact) mass is 280 g/mol. The number of ether oxygens (including phenoxy) is 1. The largest absolute Gasteiger partial charge is 0.487 e. The summed E-state index contributed by atoms with van der Waals surface area (Å²) in [4.78, 5) is 13.9. The molecule has 1 N–H and O–H groups in total. The van der Waals surface area contributed by atoms with Gasteiger partial charge in [0, 0.05) is 6.20 Å². The van der Waals surface area contributed by atoms with E-state index in [1.807, 2.05) is 24.4 Å². The minimum absolute atomic E-state index is 0.219. The zero-order chi connectivity index (χ0) is 14.2. The highest BCUT2D eigenvalue weighted by molar-refractivity contribution is 5.87. The summed E-state index contributed by atoms with van der Waals surface area (Å²) in [6.45, 7) is 3.78. The van der Waals surface area contributed by atoms with Crippen molar-refractivity contribution in [2.45, 2.75) is 13.0 Å². The molecule has 1 aliphatic rings. The lowest BCUT2D eigenvalue weighted by atomic mass is 10.1. The van der Waals surface area contributed by atoms with Gasteiger partial charge in [0.05, 0.1) is 18.5 Å². The van der Waals surface area contributed by atoms with E-state index >= 15 is 0 Å². The molecule has 0 aliphatic carbocycles. The summed E-state index contributed by atoms with van der Waals surface area (Å²) < 4.78 is 5.96. The Hall–Kier alpha value is -2.56. The molecule has 5 nitrogen and oxygen atoms in total. The maximum absolute atomic E-state index is 5.96. The second-order valence-corrected chi connectivity index (χ2v) is 5.40. The van der Waals surface area contributed by atoms with Gasteiger partial charge in [0.25, 0.3) is 0 Å². The summed E-state index contributed by atoms with van der Waals surface area (Å²) in [5, 5.41) is 1.06. The first-order chi connectivity index (χ1) is 10.3. The number of nitrogens with one attached hydrogen (secondary N) is 1. The molecule has 5 heteroatoms. The highest BCUT2D eigenvalue weighted by atomic mass is 16.5. The predicted molar refractivity (Wildman–Crippen MR) is 81.7 cm³/mol. The van der Waals surface area contributed by atoms with Crippen molar-refractivity contribution in [1.29, 1.82) is 0 Å². The summed E-state index contributed by atoms with van der Waals surface area (Å²) in [5.41, 5.74) is 2.12. The lowest BCUT2D eigenvalue weighted by Crippen LogP contribution is -2.54. The molecule has 106 valence electrons. The Morgan fingerprint density at radius 2 is 1.95 bits per heavy atom. The molecule has 0 bridgehead atoms. The van der Waals surface area contributed by atoms with Gasteiger partial charge < -0.3 is 14.6 Å². The highest BCUT2D eigenvalue weighted by Gasteiger charge is 2.30. The normalized spacial score (nSPS) is 15.2. The molecular formula is C16H16N4O. The van der Waals surface area contributed by atoms with Crippen LogP contribution in [0, 0.1) is 6.92 Å². The number of aromatic nitrogens is 3. The maximum atomic E-state index is 5.96. The fourth-order valence-electron chi connectivity index (χ4n) is 2.61. The summed E-state index contributed by atoms with van der Waals surface area (Å²) in [6, 6.07) is 10.2. The molecule has 4 rings (SSSR count). The van der Waals surface area contributed by atoms with Crippen LogP contribution in [0.25, 0.3) is 11.0 Å². The van der Waals surface area contributed by atoms with Crippen molar-refractivity contribution in [2.24, 2.45) is 0 Å². The van der Waals surface area contributed by atoms with Gasteiger partial charge in [0.1, 0.15) is 29.6 Å². The third-order valence-electron chi connectivity index (χ3n) is 3.80. The molecule has 2 aromatic heterocycles. The van der Waals surface area contributed by atoms with E-state index in [9.17, 15) is 0 Å². The van der Waals surface area contributed by atoms with Gasteiger partial charge >= 0.3 is 0 Å². The molecule has 1 saturated heterocycles. The van der Waals surface area contributed by atoms with Crippen molar-refractivity contribution in [2.75, 3.05) is 18.0 Å². The fraction of sp³-hybridized carbons (Fsp3) is 0.250. The molecule has 0 saturated carbocycles. The predicted octanol–water partition coefficient (Wildman–Crippen LogP) is 2.53. The molecule has 0 amide bonds. The molecule has 1 aliphatic heterocycles. The van der Waals surface area contributed by atoms with Crippen molar-refractivity contribution in [1.82, 2.24) is 15.0 Å². The SMILES string of the molecule is Cc1ccc(OC2CN(c3ncnc4[nH]ccc34)C2)cc1. The summed E-state index contributed by atoms with van der Waals surface area (Å²) in [7, 11) is 0. The second kappa shape index (κ2) is 4.77. The number of hydrogen-bond acceptors (Lipinski definition) is 4. The number of anilines is 1. The van der Waals surface area contributed by atoms with E-state index in [0.717, 1.165) is 35.7 Å². The van der Waals surface area contributed by atoms with Crippen molar-refractivity contribution in [3.63, 3.8) is 0 Å². The van der Waals surface area contributed by atoms with Crippen molar-refractivity contribution in [3.05, 3.63) is 48.4 Å². The molecular weight excluding hydrogens is 264 g/mol. The van der Waals surface area contributed by atoms with Crippen molar-refractivity contribution >= 4 is 16.9 Å². The lowest BCUT2D eigenvalue weighted by molar-refractivity contribution is 0.167. The molecule has 3 heterocycles. The van der Waals surface area contributed by atoms with Gasteiger partial charge in [-0.3, -0.25) is 0 Å². The third-order valence-corrected chi connectivity index (χ3v) is 3.80. The zero-order valence-corrected chi connectivity index (χ0v) is 11.8. The number of rotatable bonds is 3. The molecule has 0 atom stereocenters. The van der Waals surface area contributed by atoms with E-state index in [1.165, 1.54) is 5.56 Å². The van der Waals surface area contributed by atoms with Crippen LogP contribution in [-0.2, 0) is 0 Å². The van der Waals surface area contributed by atoms with Gasteiger partial charge in [-0.15, -0.1) is 0 Å². The van der Waals surface area contributed by atoms with Gasteiger partial charge in [-0.05, 0) is 25.1 Å². The van der Waals surface area contributed by atoms with Crippen LogP contribution in [0.15, 0.2) is 42.9 Å². The molecule has 1 aromatic carbocycles. The van der Waals surface area contributed by atoms with Crippen molar-refractivity contribution < 1.29 is 4.74 Å². The van der Waals surface area contributed by atoms with Crippen LogP contribution >= 0.6 is 0 Å². The molecule has 1 fully saturated rings. The topological polar surface area (TPSA) is 54.0 Å². The first-order valence-corrected chi connectivity index (χ1v) is 7.06. The van der Waals surface area contributed by atoms with E-state index in [0.29, 0.717) is 0 Å². The maximum Gasteiger partial charge on any atom is 0.142 e. The van der Waals surface area contributed by atoms with Crippen LogP contribution in [0.2, 0.25) is 0 Å². The lowest BCUT2D eigenvalue weighted by Gasteiger charge is -2.39. The van der Waals surface area contributed by atoms with Gasteiger partial charge in [-0.1, -0.05) is 17.7 Å². The quantitative estimate of drug-likeness (QED) is 0.801. The number of aryl methyl sites for hydroxylation is 1. The van der Waals surface area contributed by atoms with E-state index in [2.05, 4.69) is 38.9 Å². The summed E-state index contributed by atoms with van der Waals surface area (Å²) in [5.74, 6) is 1.91. The van der Waals surface area contributed by atoms with Gasteiger partial charge in [-0.2, -0.15) is 0 Å². The average molecular weight is 280 g/mol. The first kappa shape index (κ1) is 12.2. The van der Waals surface area contributed by atoms with Crippen LogP contribution in [0.4, 0.5) is 5.82 Å². The third kappa shape index (κ3) is 2.20. The molecule has 3 aromatic rings. The summed E-state index contributed by atoms with van der Waals surface area (Å²) >= 11 is 0. The Morgan fingerprint density at radius 3 is 2.76 bits per heavy atom. The highest BCUT2D eigenvalue weighted by Crippen LogP contribution is 2.27. The zero-order valence-electron chi connectivity index (χ0n) is 11.8. The Balaban J connectivity index is 1.45. The van der Waals surface area contributed by atoms with E-state index < -0.39 is 0 Å². The van der Waals surface area contributed by atoms with Gasteiger partial charge in [-0.25, -0.2) is 9.97 Å². The molecule has 0 unspecified atom stereocenters. The summed E-state index contributed by atoms with van der Waals surface area (Å²) in [6.07, 6.45) is 3.71. The van der Waals surface area contributed by atoms with E-state index in [1.54, 1.807) is 6.33 Å². The number of hydrogen-bond donors (Lipinski definition) is 1. The average Bonchev–Trinajstić information content (AvgIpc) is 2.93. The van der Waals surface area contributed by atoms with Gasteiger partial charge in [0.2, 0.25) is 0 Å². The molecule has 0 spiro atoms. The van der Waals surface area contributed by atoms with Crippen LogP contribution in [-0.4, -0.2) is 34.1 Å². The number of fused-ring (bicyclic) bond motifs is 1. The number of nitrogens with zero attached hydrogens (tertiary/aromatic N) is 3. The van der Waals surface area contributed by atoms with Crippen LogP contribution in [0.1, 0.15) is 5.56 Å². The first-order valence-electron chi connectivity index (χ1n) is 7.06. The molecule has 0 radical (unpaired) electrons. The number of aromatic amines is 1. The second-order valence-electron chi connectivity index (χ2n) is 5.40. The Kier molecular flexibility index (Phi) is 2.77. The molecule has 21 heavy (non-hydrogen) atoms. The minimum atomic E-state index is 0.219. The number of benzene rings is 1. The fourth-order valence-corrected chi connectivity index (χ4v) is 2.61. The van der Waals surface area contributed by atoms with Gasteiger partial charge in [0.15, 0.2) is 0 Å². The minimum Gasteiger partial charge on any atom is -0.487 e. The Morgan fingerprint density at radius 1 is 1.14 bits per heavy atom. The Labute approximate surface area is 122 Å². The van der Waals surface area contributed by atoms with E-state index in [-0.39, 0.29) is 6.10 Å². The van der Waals surface area contributed by atoms with Crippen LogP contribution in [0.3, 0.4) is 0 Å². The smallest absolute Gasteiger partial charge is 0.142 e. The standard InChI is InChI=1S/C16H16N4O/c1-11-2-4-12(5-3-11)21-13-8-20(9-13)16-14-6-7-17-15(14)18-10-19-16/h2-7,10,13H,8-9H2,1H3,(H,17,18,19). The van der Waals surface area contributed by atoms with Crippen LogP contribution in [0.5, 0.6) is 5.75 Å². The van der Waals surface area contributed by atoms with Crippen LogP contribution < -0.4 is 9.64 Å². The Bertz CT molecular complexity index is 759.